The van der Waals surface area contributed by atoms with Crippen LogP contribution in [0, 0.1) is 46.3 Å². The van der Waals surface area contributed by atoms with Gasteiger partial charge in [-0.15, -0.1) is 0 Å². The number of rotatable bonds is 4. The zero-order valence-electron chi connectivity index (χ0n) is 23.3. The van der Waals surface area contributed by atoms with E-state index in [-0.39, 0.29) is 41.0 Å². The van der Waals surface area contributed by atoms with Crippen molar-refractivity contribution in [2.24, 2.45) is 46.3 Å². The van der Waals surface area contributed by atoms with E-state index in [4.69, 9.17) is 0 Å². The summed E-state index contributed by atoms with van der Waals surface area (Å²) in [4.78, 5) is 15.3. The second kappa shape index (κ2) is 9.85. The molecule has 1 amide bonds. The maximum atomic E-state index is 13.3. The third-order valence-corrected chi connectivity index (χ3v) is 13.1. The minimum absolute atomic E-state index is 0.0998. The van der Waals surface area contributed by atoms with Gasteiger partial charge < -0.3 is 20.2 Å². The summed E-state index contributed by atoms with van der Waals surface area (Å²) in [6, 6.07) is 6.23. The Morgan fingerprint density at radius 2 is 1.89 bits per heavy atom. The van der Waals surface area contributed by atoms with Crippen molar-refractivity contribution in [3.05, 3.63) is 28.2 Å². The lowest BCUT2D eigenvalue weighted by atomic mass is 9.43. The summed E-state index contributed by atoms with van der Waals surface area (Å²) >= 11 is 3.55. The summed E-state index contributed by atoms with van der Waals surface area (Å²) in [7, 11) is 0. The number of aliphatic hydroxyl groups is 3. The van der Waals surface area contributed by atoms with E-state index in [1.54, 1.807) is 0 Å². The van der Waals surface area contributed by atoms with E-state index in [9.17, 15) is 20.1 Å². The quantitative estimate of drug-likeness (QED) is 0.421. The molecule has 1 heterocycles. The minimum Gasteiger partial charge on any atom is -0.393 e. The third kappa shape index (κ3) is 4.14. The number of hydrogen-bond donors (Lipinski definition) is 3. The molecule has 0 spiro atoms. The Morgan fingerprint density at radius 1 is 1.11 bits per heavy atom. The van der Waals surface area contributed by atoms with Crippen molar-refractivity contribution >= 4 is 27.5 Å². The van der Waals surface area contributed by atoms with Gasteiger partial charge in [0.25, 0.3) is 0 Å². The predicted octanol–water partition coefficient (Wildman–Crippen LogP) is 5.72. The highest BCUT2D eigenvalue weighted by Gasteiger charge is 2.65. The Morgan fingerprint density at radius 3 is 2.68 bits per heavy atom. The van der Waals surface area contributed by atoms with Gasteiger partial charge in [-0.1, -0.05) is 42.8 Å². The van der Waals surface area contributed by atoms with Crippen LogP contribution in [0.5, 0.6) is 0 Å². The molecule has 4 saturated carbocycles. The number of halogens is 1. The van der Waals surface area contributed by atoms with Gasteiger partial charge in [0.2, 0.25) is 5.91 Å². The molecule has 4 aliphatic carbocycles. The van der Waals surface area contributed by atoms with Crippen molar-refractivity contribution < 1.29 is 20.1 Å². The molecular weight excluding hydrogens is 542 g/mol. The van der Waals surface area contributed by atoms with E-state index < -0.39 is 0 Å². The minimum atomic E-state index is -0.378. The normalized spacial score (nSPS) is 44.7. The summed E-state index contributed by atoms with van der Waals surface area (Å²) in [5.41, 5.74) is 2.18. The molecule has 210 valence electrons. The maximum Gasteiger partial charge on any atom is 0.227 e. The van der Waals surface area contributed by atoms with Crippen LogP contribution < -0.4 is 4.90 Å². The molecule has 0 radical (unpaired) electrons. The van der Waals surface area contributed by atoms with Gasteiger partial charge in [0, 0.05) is 23.1 Å². The number of hydrogen-bond acceptors (Lipinski definition) is 4. The van der Waals surface area contributed by atoms with Crippen molar-refractivity contribution in [1.82, 2.24) is 0 Å². The van der Waals surface area contributed by atoms with Crippen LogP contribution >= 0.6 is 15.9 Å². The first kappa shape index (κ1) is 27.2. The lowest BCUT2D eigenvalue weighted by molar-refractivity contribution is -0.207. The predicted molar refractivity (Wildman–Crippen MR) is 153 cm³/mol. The lowest BCUT2D eigenvalue weighted by Gasteiger charge is -2.63. The molecule has 1 aromatic carbocycles. The molecule has 5 nitrogen and oxygen atoms in total. The molecule has 5 aliphatic rings. The van der Waals surface area contributed by atoms with E-state index in [1.165, 1.54) is 5.56 Å². The van der Waals surface area contributed by atoms with E-state index in [0.717, 1.165) is 74.5 Å². The molecular formula is C32H46BrNO4. The maximum absolute atomic E-state index is 13.3. The van der Waals surface area contributed by atoms with E-state index in [1.807, 2.05) is 11.0 Å². The first-order chi connectivity index (χ1) is 18.0. The van der Waals surface area contributed by atoms with E-state index >= 15 is 0 Å². The number of fused-ring (bicyclic) bond motifs is 6. The van der Waals surface area contributed by atoms with Gasteiger partial charge in [0.15, 0.2) is 0 Å². The fourth-order valence-electron chi connectivity index (χ4n) is 10.4. The zero-order valence-corrected chi connectivity index (χ0v) is 24.9. The Bertz CT molecular complexity index is 1080. The molecule has 1 aliphatic heterocycles. The van der Waals surface area contributed by atoms with Crippen LogP contribution in [0.4, 0.5) is 5.69 Å². The average molecular weight is 589 g/mol. The summed E-state index contributed by atoms with van der Waals surface area (Å²) in [6.07, 6.45) is 7.66. The van der Waals surface area contributed by atoms with Crippen molar-refractivity contribution in [1.29, 1.82) is 0 Å². The number of benzene rings is 1. The standard InChI is InChI=1S/C32H46BrNO4/c1-18(4-9-29(38)34-13-11-19-5-6-21(33)16-26(19)34)23-7-8-24-30-25(17-28(37)32(23,24)3)31(2)12-10-22(35)14-20(31)15-27(30)36/h5-6,16,18,20,22-25,27-28,30,35-37H,4,7-15,17H2,1-3H3/t18-,20+,22-,23-,24+,25+,27-,28+,30+,31+,32-/m1/s1. The van der Waals surface area contributed by atoms with Crippen molar-refractivity contribution in [2.45, 2.75) is 103 Å². The first-order valence-corrected chi connectivity index (χ1v) is 16.0. The fourth-order valence-corrected chi connectivity index (χ4v) is 10.8. The second-order valence-corrected chi connectivity index (χ2v) is 15.0. The molecule has 1 aromatic rings. The summed E-state index contributed by atoms with van der Waals surface area (Å²) in [5.74, 6) is 2.14. The van der Waals surface area contributed by atoms with Gasteiger partial charge in [-0.05, 0) is 122 Å². The van der Waals surface area contributed by atoms with Crippen LogP contribution in [-0.2, 0) is 11.2 Å². The first-order valence-electron chi connectivity index (χ1n) is 15.2. The Labute approximate surface area is 236 Å². The third-order valence-electron chi connectivity index (χ3n) is 12.6. The highest BCUT2D eigenvalue weighted by molar-refractivity contribution is 9.10. The second-order valence-electron chi connectivity index (χ2n) is 14.1. The largest absolute Gasteiger partial charge is 0.393 e. The summed E-state index contributed by atoms with van der Waals surface area (Å²) in [5, 5.41) is 33.7. The SMILES string of the molecule is C[C@H](CCC(=O)N1CCc2ccc(Br)cc21)[C@H]1CC[C@H]2[C@@H]3[C@H](O)C[C@@H]4C[C@H](O)CC[C@]4(C)[C@H]3C[C@H](O)[C@]12C. The van der Waals surface area contributed by atoms with Gasteiger partial charge in [0.1, 0.15) is 0 Å². The van der Waals surface area contributed by atoms with Crippen molar-refractivity contribution in [3.8, 4) is 0 Å². The molecule has 4 fully saturated rings. The molecule has 6 rings (SSSR count). The Balaban J connectivity index is 1.16. The van der Waals surface area contributed by atoms with Gasteiger partial charge in [-0.2, -0.15) is 0 Å². The van der Waals surface area contributed by atoms with Crippen LogP contribution in [0.15, 0.2) is 22.7 Å². The number of carbonyl (C=O) groups excluding carboxylic acids is 1. The van der Waals surface area contributed by atoms with Gasteiger partial charge in [0.05, 0.1) is 18.3 Å². The molecule has 0 saturated heterocycles. The fraction of sp³-hybridized carbons (Fsp3) is 0.781. The average Bonchev–Trinajstić information content (AvgIpc) is 3.45. The van der Waals surface area contributed by atoms with Crippen LogP contribution in [0.2, 0.25) is 0 Å². The highest BCUT2D eigenvalue weighted by atomic mass is 79.9. The molecule has 11 atom stereocenters. The smallest absolute Gasteiger partial charge is 0.227 e. The van der Waals surface area contributed by atoms with Crippen LogP contribution in [0.1, 0.15) is 84.1 Å². The number of amides is 1. The summed E-state index contributed by atoms with van der Waals surface area (Å²) in [6.45, 7) is 7.74. The molecule has 0 aromatic heterocycles. The van der Waals surface area contributed by atoms with Gasteiger partial charge >= 0.3 is 0 Å². The van der Waals surface area contributed by atoms with Gasteiger partial charge in [-0.3, -0.25) is 4.79 Å². The van der Waals surface area contributed by atoms with E-state index in [2.05, 4.69) is 48.8 Å². The van der Waals surface area contributed by atoms with Gasteiger partial charge in [-0.25, -0.2) is 0 Å². The number of anilines is 1. The Kier molecular flexibility index (Phi) is 7.06. The molecule has 3 N–H and O–H groups in total. The van der Waals surface area contributed by atoms with Crippen molar-refractivity contribution in [3.63, 3.8) is 0 Å². The van der Waals surface area contributed by atoms with Crippen LogP contribution in [0.3, 0.4) is 0 Å². The topological polar surface area (TPSA) is 81.0 Å². The zero-order chi connectivity index (χ0) is 27.0. The van der Waals surface area contributed by atoms with Crippen LogP contribution in [-0.4, -0.2) is 46.1 Å². The highest BCUT2D eigenvalue weighted by Crippen LogP contribution is 2.68. The number of nitrogens with zero attached hydrogens (tertiary/aromatic N) is 1. The van der Waals surface area contributed by atoms with Crippen LogP contribution in [0.25, 0.3) is 0 Å². The number of aliphatic hydroxyl groups excluding tert-OH is 3. The summed E-state index contributed by atoms with van der Waals surface area (Å²) < 4.78 is 1.01. The molecule has 0 bridgehead atoms. The van der Waals surface area contributed by atoms with E-state index in [0.29, 0.717) is 36.0 Å². The molecule has 38 heavy (non-hydrogen) atoms. The molecule has 0 unspecified atom stereocenters. The Hall–Kier alpha value is -0.950. The van der Waals surface area contributed by atoms with Crippen molar-refractivity contribution in [2.75, 3.05) is 11.4 Å². The monoisotopic (exact) mass is 587 g/mol. The number of carbonyl (C=O) groups is 1. The molecule has 6 heteroatoms. The lowest BCUT2D eigenvalue weighted by Crippen LogP contribution is -2.62.